The third-order valence-electron chi connectivity index (χ3n) is 4.00. The van der Waals surface area contributed by atoms with E-state index in [1.165, 1.54) is 23.5 Å². The van der Waals surface area contributed by atoms with Gasteiger partial charge in [0.2, 0.25) is 4.96 Å². The molecule has 0 fully saturated rings. The Hall–Kier alpha value is -2.99. The first kappa shape index (κ1) is 13.4. The number of H-pyrrole nitrogens is 1. The Kier molecular flexibility index (Phi) is 2.80. The number of nitrogens with one attached hydrogen (secondary N) is 1. The maximum absolute atomic E-state index is 13.0. The first-order valence-electron chi connectivity index (χ1n) is 7.46. The minimum Gasteiger partial charge on any atom is -0.360 e. The van der Waals surface area contributed by atoms with Gasteiger partial charge in [-0.25, -0.2) is 13.9 Å². The summed E-state index contributed by atoms with van der Waals surface area (Å²) in [5, 5.41) is 6.71. The largest absolute Gasteiger partial charge is 0.360 e. The van der Waals surface area contributed by atoms with E-state index in [1.54, 1.807) is 16.6 Å². The number of aromatic nitrogens is 4. The van der Waals surface area contributed by atoms with Crippen LogP contribution in [0.2, 0.25) is 0 Å². The number of hydrogen-bond acceptors (Lipinski definition) is 3. The molecule has 1 N–H and O–H groups in total. The molecular weight excluding hydrogens is 323 g/mol. The molecule has 0 unspecified atom stereocenters. The zero-order valence-electron chi connectivity index (χ0n) is 12.4. The molecule has 5 rings (SSSR count). The first-order chi connectivity index (χ1) is 11.8. The van der Waals surface area contributed by atoms with Crippen LogP contribution in [0.3, 0.4) is 0 Å². The smallest absolute Gasteiger partial charge is 0.213 e. The lowest BCUT2D eigenvalue weighted by atomic mass is 10.2. The Balaban J connectivity index is 1.60. The third kappa shape index (κ3) is 2.04. The van der Waals surface area contributed by atoms with E-state index >= 15 is 0 Å². The summed E-state index contributed by atoms with van der Waals surface area (Å²) in [5.41, 5.74) is 3.83. The second kappa shape index (κ2) is 5.01. The summed E-state index contributed by atoms with van der Waals surface area (Å²) in [5.74, 6) is -0.250. The van der Waals surface area contributed by atoms with Gasteiger partial charge in [0.1, 0.15) is 10.8 Å². The van der Waals surface area contributed by atoms with E-state index in [0.29, 0.717) is 0 Å². The number of rotatable bonds is 2. The Morgan fingerprint density at radius 1 is 1.04 bits per heavy atom. The highest BCUT2D eigenvalue weighted by Crippen LogP contribution is 2.32. The lowest BCUT2D eigenvalue weighted by Crippen LogP contribution is -1.82. The summed E-state index contributed by atoms with van der Waals surface area (Å²) in [6.07, 6.45) is 3.85. The Labute approximate surface area is 140 Å². The quantitative estimate of drug-likeness (QED) is 0.506. The van der Waals surface area contributed by atoms with Crippen LogP contribution in [0.5, 0.6) is 0 Å². The minimum absolute atomic E-state index is 0.250. The molecule has 0 bridgehead atoms. The van der Waals surface area contributed by atoms with Gasteiger partial charge in [0.25, 0.3) is 0 Å². The summed E-state index contributed by atoms with van der Waals surface area (Å²) in [6, 6.07) is 14.5. The van der Waals surface area contributed by atoms with Crippen molar-refractivity contribution in [2.24, 2.45) is 0 Å². The molecule has 0 aliphatic carbocycles. The number of hydrogen-bond donors (Lipinski definition) is 1. The molecule has 2 aromatic carbocycles. The SMILES string of the molecule is Fc1ccc(-c2cn3nc(-c4c[nH]c5ccccc45)sc3n2)cc1. The van der Waals surface area contributed by atoms with E-state index in [-0.39, 0.29) is 5.82 Å². The van der Waals surface area contributed by atoms with Crippen LogP contribution in [0.15, 0.2) is 60.9 Å². The maximum Gasteiger partial charge on any atom is 0.213 e. The number of nitrogens with zero attached hydrogens (tertiary/aromatic N) is 3. The molecule has 0 saturated carbocycles. The molecule has 116 valence electrons. The molecule has 0 aliphatic rings. The topological polar surface area (TPSA) is 46.0 Å². The van der Waals surface area contributed by atoms with Crippen molar-refractivity contribution in [2.45, 2.75) is 0 Å². The van der Waals surface area contributed by atoms with Crippen molar-refractivity contribution in [3.8, 4) is 21.8 Å². The van der Waals surface area contributed by atoms with E-state index in [2.05, 4.69) is 21.1 Å². The molecule has 3 aromatic heterocycles. The fourth-order valence-electron chi connectivity index (χ4n) is 2.82. The average Bonchev–Trinajstić information content (AvgIpc) is 3.27. The lowest BCUT2D eigenvalue weighted by Gasteiger charge is -1.95. The van der Waals surface area contributed by atoms with E-state index < -0.39 is 0 Å². The summed E-state index contributed by atoms with van der Waals surface area (Å²) >= 11 is 1.54. The van der Waals surface area contributed by atoms with Gasteiger partial charge in [-0.3, -0.25) is 0 Å². The van der Waals surface area contributed by atoms with Gasteiger partial charge in [0, 0.05) is 28.2 Å². The van der Waals surface area contributed by atoms with Gasteiger partial charge in [-0.15, -0.1) is 0 Å². The van der Waals surface area contributed by atoms with Crippen LogP contribution >= 0.6 is 11.3 Å². The molecule has 0 amide bonds. The zero-order chi connectivity index (χ0) is 16.1. The van der Waals surface area contributed by atoms with Crippen LogP contribution < -0.4 is 0 Å². The van der Waals surface area contributed by atoms with Crippen molar-refractivity contribution in [3.63, 3.8) is 0 Å². The van der Waals surface area contributed by atoms with Crippen LogP contribution in [-0.2, 0) is 0 Å². The van der Waals surface area contributed by atoms with Crippen LogP contribution in [0, 0.1) is 5.82 Å². The zero-order valence-corrected chi connectivity index (χ0v) is 13.2. The average molecular weight is 334 g/mol. The van der Waals surface area contributed by atoms with Gasteiger partial charge in [-0.2, -0.15) is 5.10 Å². The van der Waals surface area contributed by atoms with Crippen LogP contribution in [0.25, 0.3) is 37.7 Å². The number of fused-ring (bicyclic) bond motifs is 2. The van der Waals surface area contributed by atoms with Crippen molar-refractivity contribution in [1.29, 1.82) is 0 Å². The second-order valence-electron chi connectivity index (χ2n) is 5.52. The molecule has 0 aliphatic heterocycles. The Morgan fingerprint density at radius 2 is 1.88 bits per heavy atom. The van der Waals surface area contributed by atoms with Crippen molar-refractivity contribution in [1.82, 2.24) is 19.6 Å². The number of aromatic amines is 1. The molecular formula is C18H11FN4S. The van der Waals surface area contributed by atoms with Gasteiger partial charge in [0.15, 0.2) is 0 Å². The number of halogens is 1. The highest BCUT2D eigenvalue weighted by atomic mass is 32.1. The van der Waals surface area contributed by atoms with Gasteiger partial charge in [0.05, 0.1) is 11.9 Å². The summed E-state index contributed by atoms with van der Waals surface area (Å²) in [4.78, 5) is 8.69. The molecule has 3 heterocycles. The van der Waals surface area contributed by atoms with Crippen LogP contribution in [0.4, 0.5) is 4.39 Å². The standard InChI is InChI=1S/C18H11FN4S/c19-12-7-5-11(6-8-12)16-10-23-18(21-16)24-17(22-23)14-9-20-15-4-2-1-3-13(14)15/h1-10,20H. The Bertz CT molecular complexity index is 1140. The van der Waals surface area contributed by atoms with Crippen molar-refractivity contribution < 1.29 is 4.39 Å². The first-order valence-corrected chi connectivity index (χ1v) is 8.28. The fraction of sp³-hybridized carbons (Fsp3) is 0. The minimum atomic E-state index is -0.250. The normalized spacial score (nSPS) is 11.5. The summed E-state index contributed by atoms with van der Waals surface area (Å²) in [7, 11) is 0. The summed E-state index contributed by atoms with van der Waals surface area (Å²) in [6.45, 7) is 0. The van der Waals surface area contributed by atoms with Crippen molar-refractivity contribution >= 4 is 27.2 Å². The summed E-state index contributed by atoms with van der Waals surface area (Å²) < 4.78 is 14.8. The maximum atomic E-state index is 13.0. The molecule has 5 aromatic rings. The predicted molar refractivity (Wildman–Crippen MR) is 93.6 cm³/mol. The molecule has 0 spiro atoms. The van der Waals surface area contributed by atoms with Crippen molar-refractivity contribution in [2.75, 3.05) is 0 Å². The number of benzene rings is 2. The molecule has 6 heteroatoms. The molecule has 24 heavy (non-hydrogen) atoms. The third-order valence-corrected chi connectivity index (χ3v) is 4.96. The van der Waals surface area contributed by atoms with Gasteiger partial charge < -0.3 is 4.98 Å². The highest BCUT2D eigenvalue weighted by Gasteiger charge is 2.14. The van der Waals surface area contributed by atoms with E-state index in [0.717, 1.165) is 37.7 Å². The van der Waals surface area contributed by atoms with Gasteiger partial charge >= 0.3 is 0 Å². The van der Waals surface area contributed by atoms with Crippen molar-refractivity contribution in [3.05, 3.63) is 66.7 Å². The monoisotopic (exact) mass is 334 g/mol. The molecule has 0 atom stereocenters. The second-order valence-corrected chi connectivity index (χ2v) is 6.47. The number of imidazole rings is 1. The Morgan fingerprint density at radius 3 is 2.71 bits per heavy atom. The highest BCUT2D eigenvalue weighted by molar-refractivity contribution is 7.20. The fourth-order valence-corrected chi connectivity index (χ4v) is 3.73. The lowest BCUT2D eigenvalue weighted by molar-refractivity contribution is 0.628. The predicted octanol–water partition coefficient (Wildman–Crippen LogP) is 4.75. The van der Waals surface area contributed by atoms with Gasteiger partial charge in [-0.05, 0) is 30.3 Å². The van der Waals surface area contributed by atoms with Crippen LogP contribution in [-0.4, -0.2) is 19.6 Å². The molecule has 4 nitrogen and oxygen atoms in total. The molecule has 0 saturated heterocycles. The van der Waals surface area contributed by atoms with E-state index in [9.17, 15) is 4.39 Å². The molecule has 0 radical (unpaired) electrons. The van der Waals surface area contributed by atoms with Crippen LogP contribution in [0.1, 0.15) is 0 Å². The van der Waals surface area contributed by atoms with E-state index in [4.69, 9.17) is 0 Å². The van der Waals surface area contributed by atoms with E-state index in [1.807, 2.05) is 30.6 Å². The number of para-hydroxylation sites is 1. The van der Waals surface area contributed by atoms with Gasteiger partial charge in [-0.1, -0.05) is 29.5 Å².